The number of aryl methyl sites for hydroxylation is 1. The van der Waals surface area contributed by atoms with Crippen LogP contribution in [0.1, 0.15) is 50.5 Å². The Morgan fingerprint density at radius 1 is 1.19 bits per heavy atom. The van der Waals surface area contributed by atoms with E-state index in [9.17, 15) is 22.4 Å². The Morgan fingerprint density at radius 3 is 2.41 bits per heavy atom. The number of nitrogens with zero attached hydrogens (tertiary/aromatic N) is 1. The lowest BCUT2D eigenvalue weighted by Gasteiger charge is -2.58. The van der Waals surface area contributed by atoms with E-state index in [1.807, 2.05) is 0 Å². The van der Waals surface area contributed by atoms with E-state index < -0.39 is 21.3 Å². The van der Waals surface area contributed by atoms with Gasteiger partial charge in [0.1, 0.15) is 10.7 Å². The summed E-state index contributed by atoms with van der Waals surface area (Å²) in [5.41, 5.74) is 5.93. The van der Waals surface area contributed by atoms with E-state index in [0.717, 1.165) is 23.6 Å². The molecule has 0 radical (unpaired) electrons. The van der Waals surface area contributed by atoms with Crippen molar-refractivity contribution in [3.8, 4) is 0 Å². The van der Waals surface area contributed by atoms with Gasteiger partial charge in [0.25, 0.3) is 0 Å². The van der Waals surface area contributed by atoms with Gasteiger partial charge in [-0.2, -0.15) is 4.31 Å². The first-order chi connectivity index (χ1) is 15.1. The number of halogens is 1. The van der Waals surface area contributed by atoms with Gasteiger partial charge in [-0.1, -0.05) is 6.07 Å². The molecule has 2 atom stereocenters. The molecule has 3 N–H and O–H groups in total. The fraction of sp³-hybridized carbons (Fsp3) is 0.652. The number of sulfonamides is 1. The van der Waals surface area contributed by atoms with Gasteiger partial charge in [-0.15, -0.1) is 0 Å². The van der Waals surface area contributed by atoms with Gasteiger partial charge in [-0.3, -0.25) is 9.59 Å². The highest BCUT2D eigenvalue weighted by Gasteiger charge is 2.58. The van der Waals surface area contributed by atoms with Gasteiger partial charge in [-0.25, -0.2) is 12.8 Å². The molecular weight excluding hydrogens is 433 g/mol. The molecule has 0 aliphatic heterocycles. The lowest BCUT2D eigenvalue weighted by Crippen LogP contribution is -2.62. The number of primary amides is 1. The maximum Gasteiger partial charge on any atom is 0.246 e. The second-order valence-corrected chi connectivity index (χ2v) is 12.3. The summed E-state index contributed by atoms with van der Waals surface area (Å²) in [4.78, 5) is 24.8. The summed E-state index contributed by atoms with van der Waals surface area (Å²) in [5, 5.41) is 3.09. The predicted octanol–water partition coefficient (Wildman–Crippen LogP) is 2.08. The molecule has 6 rings (SSSR count). The van der Waals surface area contributed by atoms with Crippen LogP contribution >= 0.6 is 0 Å². The summed E-state index contributed by atoms with van der Waals surface area (Å²) in [7, 11) is -4.13. The quantitative estimate of drug-likeness (QED) is 0.645. The van der Waals surface area contributed by atoms with Gasteiger partial charge in [0.2, 0.25) is 21.8 Å². The summed E-state index contributed by atoms with van der Waals surface area (Å²) < 4.78 is 42.0. The van der Waals surface area contributed by atoms with Crippen LogP contribution in [0.4, 0.5) is 4.39 Å². The highest BCUT2D eigenvalue weighted by atomic mass is 32.2. The van der Waals surface area contributed by atoms with Gasteiger partial charge in [0.15, 0.2) is 0 Å². The molecule has 0 saturated heterocycles. The van der Waals surface area contributed by atoms with Crippen molar-refractivity contribution in [2.75, 3.05) is 6.54 Å². The zero-order chi connectivity index (χ0) is 22.8. The molecule has 5 fully saturated rings. The normalized spacial score (nSPS) is 33.5. The average molecular weight is 464 g/mol. The molecule has 5 saturated carbocycles. The van der Waals surface area contributed by atoms with Crippen LogP contribution in [0, 0.1) is 35.9 Å². The molecule has 5 aliphatic carbocycles. The average Bonchev–Trinajstić information content (AvgIpc) is 3.53. The third-order valence-electron chi connectivity index (χ3n) is 8.05. The number of nitrogens with one attached hydrogen (secondary N) is 1. The fourth-order valence-electron chi connectivity index (χ4n) is 6.65. The monoisotopic (exact) mass is 463 g/mol. The molecule has 0 aromatic heterocycles. The molecule has 1 aromatic rings. The van der Waals surface area contributed by atoms with Gasteiger partial charge >= 0.3 is 0 Å². The van der Waals surface area contributed by atoms with Crippen molar-refractivity contribution in [3.05, 3.63) is 29.6 Å². The summed E-state index contributed by atoms with van der Waals surface area (Å²) in [6.45, 7) is 1.37. The second kappa shape index (κ2) is 7.52. The number of hydrogen-bond donors (Lipinski definition) is 2. The van der Waals surface area contributed by atoms with Crippen LogP contribution in [0.15, 0.2) is 23.1 Å². The standard InChI is InChI=1S/C23H30FN3O4S/c1-13-2-5-19(18(24)6-13)32(30,31)27(17-3-4-17)12-20(28)26-21-15-7-14-8-16(21)11-23(9-14,10-15)22(25)29/h2,5-6,14-17,21H,3-4,7-12H2,1H3,(H2,25,29)(H,26,28). The van der Waals surface area contributed by atoms with E-state index in [4.69, 9.17) is 5.73 Å². The Bertz CT molecular complexity index is 1050. The highest BCUT2D eigenvalue weighted by Crippen LogP contribution is 2.59. The Balaban J connectivity index is 1.31. The fourth-order valence-corrected chi connectivity index (χ4v) is 8.34. The minimum Gasteiger partial charge on any atom is -0.369 e. The largest absolute Gasteiger partial charge is 0.369 e. The topological polar surface area (TPSA) is 110 Å². The van der Waals surface area contributed by atoms with Gasteiger partial charge in [-0.05, 0) is 87.3 Å². The Labute approximate surface area is 188 Å². The summed E-state index contributed by atoms with van der Waals surface area (Å²) >= 11 is 0. The Morgan fingerprint density at radius 2 is 1.84 bits per heavy atom. The molecule has 0 spiro atoms. The van der Waals surface area contributed by atoms with E-state index in [0.29, 0.717) is 37.2 Å². The number of carbonyl (C=O) groups is 2. The van der Waals surface area contributed by atoms with Crippen LogP contribution in [-0.4, -0.2) is 43.2 Å². The molecule has 32 heavy (non-hydrogen) atoms. The molecule has 5 aliphatic rings. The zero-order valence-electron chi connectivity index (χ0n) is 18.2. The Hall–Kier alpha value is -2.00. The number of benzene rings is 1. The van der Waals surface area contributed by atoms with E-state index in [-0.39, 0.29) is 47.2 Å². The van der Waals surface area contributed by atoms with Crippen LogP contribution in [0.2, 0.25) is 0 Å². The van der Waals surface area contributed by atoms with Crippen LogP contribution in [-0.2, 0) is 19.6 Å². The molecule has 1 aromatic carbocycles. The van der Waals surface area contributed by atoms with Crippen molar-refractivity contribution < 1.29 is 22.4 Å². The summed E-state index contributed by atoms with van der Waals surface area (Å²) in [6, 6.07) is 3.69. The van der Waals surface area contributed by atoms with Crippen molar-refractivity contribution in [3.63, 3.8) is 0 Å². The number of nitrogens with two attached hydrogens (primary N) is 1. The van der Waals surface area contributed by atoms with E-state index in [2.05, 4.69) is 5.32 Å². The zero-order valence-corrected chi connectivity index (χ0v) is 19.0. The van der Waals surface area contributed by atoms with Crippen molar-refractivity contribution in [2.24, 2.45) is 28.9 Å². The minimum absolute atomic E-state index is 0.0635. The first kappa shape index (κ1) is 21.8. The van der Waals surface area contributed by atoms with Crippen molar-refractivity contribution in [2.45, 2.75) is 68.8 Å². The molecule has 2 amide bonds. The molecule has 4 bridgehead atoms. The SMILES string of the molecule is Cc1ccc(S(=O)(=O)N(CC(=O)NC2C3CC4CC2CC(C(N)=O)(C4)C3)C2CC2)c(F)c1. The highest BCUT2D eigenvalue weighted by molar-refractivity contribution is 7.89. The lowest BCUT2D eigenvalue weighted by molar-refractivity contribution is -0.147. The number of carbonyl (C=O) groups excluding carboxylic acids is 2. The predicted molar refractivity (Wildman–Crippen MR) is 115 cm³/mol. The second-order valence-electron chi connectivity index (χ2n) is 10.4. The molecule has 0 heterocycles. The van der Waals surface area contributed by atoms with Crippen molar-refractivity contribution >= 4 is 21.8 Å². The molecule has 2 unspecified atom stereocenters. The first-order valence-electron chi connectivity index (χ1n) is 11.5. The first-order valence-corrected chi connectivity index (χ1v) is 12.9. The number of rotatable bonds is 7. The molecule has 9 heteroatoms. The smallest absolute Gasteiger partial charge is 0.246 e. The van der Waals surface area contributed by atoms with Crippen molar-refractivity contribution in [1.29, 1.82) is 0 Å². The van der Waals surface area contributed by atoms with Crippen LogP contribution in [0.25, 0.3) is 0 Å². The Kier molecular flexibility index (Phi) is 5.13. The molecular formula is C23H30FN3O4S. The van der Waals surface area contributed by atoms with E-state index in [1.54, 1.807) is 13.0 Å². The summed E-state index contributed by atoms with van der Waals surface area (Å²) in [5.74, 6) is -0.530. The molecule has 174 valence electrons. The molecule has 7 nitrogen and oxygen atoms in total. The van der Waals surface area contributed by atoms with Crippen LogP contribution in [0.3, 0.4) is 0 Å². The number of amides is 2. The maximum atomic E-state index is 14.5. The third kappa shape index (κ3) is 3.63. The minimum atomic E-state index is -4.13. The lowest BCUT2D eigenvalue weighted by atomic mass is 9.47. The maximum absolute atomic E-state index is 14.5. The third-order valence-corrected chi connectivity index (χ3v) is 9.98. The number of hydrogen-bond acceptors (Lipinski definition) is 4. The summed E-state index contributed by atoms with van der Waals surface area (Å²) in [6.07, 6.45) is 5.51. The van der Waals surface area contributed by atoms with Crippen LogP contribution in [0.5, 0.6) is 0 Å². The van der Waals surface area contributed by atoms with E-state index >= 15 is 0 Å². The van der Waals surface area contributed by atoms with Crippen LogP contribution < -0.4 is 11.1 Å². The van der Waals surface area contributed by atoms with E-state index in [1.165, 1.54) is 12.1 Å². The van der Waals surface area contributed by atoms with Crippen molar-refractivity contribution in [1.82, 2.24) is 9.62 Å². The van der Waals surface area contributed by atoms with Gasteiger partial charge in [0, 0.05) is 17.5 Å². The van der Waals surface area contributed by atoms with Gasteiger partial charge in [0.05, 0.1) is 6.54 Å². The van der Waals surface area contributed by atoms with Gasteiger partial charge < -0.3 is 11.1 Å².